The Labute approximate surface area is 92.4 Å². The Hall–Kier alpha value is -0.610. The maximum absolute atomic E-state index is 12.1. The smallest absolute Gasteiger partial charge is 0.242 e. The fraction of sp³-hybridized carbons (Fsp3) is 0.909. The number of carbonyl (C=O) groups excluding carboxylic acids is 1. The molecule has 0 radical (unpaired) electrons. The van der Waals surface area contributed by atoms with Crippen molar-refractivity contribution in [2.24, 2.45) is 5.73 Å². The van der Waals surface area contributed by atoms with Crippen molar-refractivity contribution in [2.75, 3.05) is 34.2 Å². The Kier molecular flexibility index (Phi) is 4.11. The third-order valence-corrected chi connectivity index (χ3v) is 3.15. The quantitative estimate of drug-likeness (QED) is 0.729. The molecular weight excluding hydrogens is 190 g/mol. The first-order valence-corrected chi connectivity index (χ1v) is 5.65. The number of hydrogen-bond acceptors (Lipinski definition) is 3. The Morgan fingerprint density at radius 3 is 2.20 bits per heavy atom. The molecule has 0 aromatic heterocycles. The van der Waals surface area contributed by atoms with Gasteiger partial charge in [-0.1, -0.05) is 12.8 Å². The van der Waals surface area contributed by atoms with Gasteiger partial charge in [-0.25, -0.2) is 0 Å². The molecule has 4 heteroatoms. The van der Waals surface area contributed by atoms with Crippen LogP contribution in [0.4, 0.5) is 0 Å². The fourth-order valence-corrected chi connectivity index (χ4v) is 2.05. The number of nitrogens with two attached hydrogens (primary N) is 1. The average molecular weight is 213 g/mol. The van der Waals surface area contributed by atoms with Crippen molar-refractivity contribution in [2.45, 2.75) is 31.2 Å². The van der Waals surface area contributed by atoms with Gasteiger partial charge in [0.25, 0.3) is 0 Å². The molecule has 1 aliphatic rings. The third-order valence-electron chi connectivity index (χ3n) is 3.15. The molecule has 0 bridgehead atoms. The van der Waals surface area contributed by atoms with Crippen molar-refractivity contribution in [3.05, 3.63) is 0 Å². The lowest BCUT2D eigenvalue weighted by atomic mass is 9.97. The van der Waals surface area contributed by atoms with Crippen molar-refractivity contribution in [1.82, 2.24) is 9.80 Å². The molecule has 0 aromatic rings. The van der Waals surface area contributed by atoms with Crippen molar-refractivity contribution in [1.29, 1.82) is 0 Å². The number of nitrogens with zero attached hydrogens (tertiary/aromatic N) is 2. The van der Waals surface area contributed by atoms with E-state index >= 15 is 0 Å². The van der Waals surface area contributed by atoms with Crippen molar-refractivity contribution in [3.8, 4) is 0 Å². The van der Waals surface area contributed by atoms with E-state index in [1.807, 2.05) is 21.1 Å². The van der Waals surface area contributed by atoms with E-state index in [0.717, 1.165) is 38.8 Å². The van der Waals surface area contributed by atoms with Crippen molar-refractivity contribution < 1.29 is 4.79 Å². The van der Waals surface area contributed by atoms with Gasteiger partial charge in [0.2, 0.25) is 5.91 Å². The van der Waals surface area contributed by atoms with Gasteiger partial charge in [-0.05, 0) is 26.9 Å². The van der Waals surface area contributed by atoms with Gasteiger partial charge in [-0.3, -0.25) is 4.79 Å². The number of likely N-dealkylation sites (N-methyl/N-ethyl adjacent to an activating group) is 2. The lowest BCUT2D eigenvalue weighted by Gasteiger charge is -2.29. The summed E-state index contributed by atoms with van der Waals surface area (Å²) in [4.78, 5) is 15.9. The molecule has 88 valence electrons. The summed E-state index contributed by atoms with van der Waals surface area (Å²) < 4.78 is 0. The molecule has 15 heavy (non-hydrogen) atoms. The van der Waals surface area contributed by atoms with E-state index in [4.69, 9.17) is 5.73 Å². The van der Waals surface area contributed by atoms with Crippen LogP contribution in [0.5, 0.6) is 0 Å². The second kappa shape index (κ2) is 4.94. The van der Waals surface area contributed by atoms with Crippen LogP contribution in [-0.4, -0.2) is 55.5 Å². The molecule has 0 unspecified atom stereocenters. The topological polar surface area (TPSA) is 49.6 Å². The number of amides is 1. The van der Waals surface area contributed by atoms with Crippen LogP contribution in [0.15, 0.2) is 0 Å². The van der Waals surface area contributed by atoms with E-state index in [2.05, 4.69) is 4.90 Å². The Morgan fingerprint density at radius 2 is 1.73 bits per heavy atom. The monoisotopic (exact) mass is 213 g/mol. The Bertz CT molecular complexity index is 222. The number of rotatable bonds is 4. The third kappa shape index (κ3) is 3.18. The van der Waals surface area contributed by atoms with E-state index in [1.165, 1.54) is 0 Å². The highest BCUT2D eigenvalue weighted by atomic mass is 16.2. The maximum Gasteiger partial charge on any atom is 0.242 e. The standard InChI is InChI=1S/C11H23N3O/c1-13(2)8-9-14(3)10(15)11(12)6-4-5-7-11/h4-9,12H2,1-3H3. The molecule has 0 atom stereocenters. The van der Waals surface area contributed by atoms with Gasteiger partial charge < -0.3 is 15.5 Å². The van der Waals surface area contributed by atoms with E-state index < -0.39 is 5.54 Å². The van der Waals surface area contributed by atoms with Crippen LogP contribution in [0.3, 0.4) is 0 Å². The molecule has 0 heterocycles. The van der Waals surface area contributed by atoms with Crippen LogP contribution in [0.25, 0.3) is 0 Å². The summed E-state index contributed by atoms with van der Waals surface area (Å²) in [6, 6.07) is 0. The molecular formula is C11H23N3O. The van der Waals surface area contributed by atoms with Crippen LogP contribution >= 0.6 is 0 Å². The van der Waals surface area contributed by atoms with Gasteiger partial charge in [0, 0.05) is 20.1 Å². The van der Waals surface area contributed by atoms with Crippen LogP contribution < -0.4 is 5.73 Å². The molecule has 1 amide bonds. The summed E-state index contributed by atoms with van der Waals surface area (Å²) in [6.07, 6.45) is 3.86. The molecule has 0 saturated heterocycles. The lowest BCUT2D eigenvalue weighted by molar-refractivity contribution is -0.135. The lowest BCUT2D eigenvalue weighted by Crippen LogP contribution is -2.53. The highest BCUT2D eigenvalue weighted by Gasteiger charge is 2.38. The first kappa shape index (κ1) is 12.5. The van der Waals surface area contributed by atoms with Gasteiger partial charge in [0.1, 0.15) is 0 Å². The van der Waals surface area contributed by atoms with Gasteiger partial charge in [0.05, 0.1) is 5.54 Å². The summed E-state index contributed by atoms with van der Waals surface area (Å²) in [6.45, 7) is 1.64. The predicted octanol–water partition coefficient (Wildman–Crippen LogP) is 0.278. The van der Waals surface area contributed by atoms with E-state index in [-0.39, 0.29) is 5.91 Å². The van der Waals surface area contributed by atoms with Crippen LogP contribution in [0.1, 0.15) is 25.7 Å². The van der Waals surface area contributed by atoms with Gasteiger partial charge in [-0.2, -0.15) is 0 Å². The Balaban J connectivity index is 2.44. The minimum Gasteiger partial charge on any atom is -0.343 e. The minimum atomic E-state index is -0.568. The highest BCUT2D eigenvalue weighted by molar-refractivity contribution is 5.86. The zero-order valence-corrected chi connectivity index (χ0v) is 10.1. The summed E-state index contributed by atoms with van der Waals surface area (Å²) in [5.74, 6) is 0.113. The molecule has 0 aliphatic heterocycles. The van der Waals surface area contributed by atoms with Gasteiger partial charge >= 0.3 is 0 Å². The predicted molar refractivity (Wildman–Crippen MR) is 61.6 cm³/mol. The summed E-state index contributed by atoms with van der Waals surface area (Å²) in [7, 11) is 5.86. The maximum atomic E-state index is 12.1. The molecule has 1 rings (SSSR count). The SMILES string of the molecule is CN(C)CCN(C)C(=O)C1(N)CCCC1. The molecule has 1 aliphatic carbocycles. The minimum absolute atomic E-state index is 0.113. The first-order valence-electron chi connectivity index (χ1n) is 5.65. The number of carbonyl (C=O) groups is 1. The zero-order valence-electron chi connectivity index (χ0n) is 10.1. The Morgan fingerprint density at radius 1 is 1.20 bits per heavy atom. The second-order valence-corrected chi connectivity index (χ2v) is 4.89. The van der Waals surface area contributed by atoms with E-state index in [9.17, 15) is 4.79 Å². The zero-order chi connectivity index (χ0) is 11.5. The number of hydrogen-bond donors (Lipinski definition) is 1. The van der Waals surface area contributed by atoms with E-state index in [1.54, 1.807) is 4.90 Å². The summed E-state index contributed by atoms with van der Waals surface area (Å²) >= 11 is 0. The van der Waals surface area contributed by atoms with Crippen molar-refractivity contribution >= 4 is 5.91 Å². The second-order valence-electron chi connectivity index (χ2n) is 4.89. The summed E-state index contributed by atoms with van der Waals surface area (Å²) in [5.41, 5.74) is 5.54. The largest absolute Gasteiger partial charge is 0.343 e. The normalized spacial score (nSPS) is 19.5. The summed E-state index contributed by atoms with van der Waals surface area (Å²) in [5, 5.41) is 0. The average Bonchev–Trinajstić information content (AvgIpc) is 2.61. The van der Waals surface area contributed by atoms with Crippen LogP contribution in [-0.2, 0) is 4.79 Å². The van der Waals surface area contributed by atoms with Crippen LogP contribution in [0.2, 0.25) is 0 Å². The molecule has 1 fully saturated rings. The van der Waals surface area contributed by atoms with Gasteiger partial charge in [-0.15, -0.1) is 0 Å². The van der Waals surface area contributed by atoms with Crippen molar-refractivity contribution in [3.63, 3.8) is 0 Å². The molecule has 2 N–H and O–H groups in total. The highest BCUT2D eigenvalue weighted by Crippen LogP contribution is 2.28. The van der Waals surface area contributed by atoms with E-state index in [0.29, 0.717) is 0 Å². The molecule has 1 saturated carbocycles. The molecule has 0 aromatic carbocycles. The molecule has 4 nitrogen and oxygen atoms in total. The van der Waals surface area contributed by atoms with Crippen LogP contribution in [0, 0.1) is 0 Å². The first-order chi connectivity index (χ1) is 6.96. The molecule has 0 spiro atoms. The fourth-order valence-electron chi connectivity index (χ4n) is 2.05. The van der Waals surface area contributed by atoms with Gasteiger partial charge in [0.15, 0.2) is 0 Å².